The highest BCUT2D eigenvalue weighted by Crippen LogP contribution is 2.22. The molecule has 0 bridgehead atoms. The lowest BCUT2D eigenvalue weighted by Crippen LogP contribution is -2.04. The van der Waals surface area contributed by atoms with Crippen molar-refractivity contribution in [1.82, 2.24) is 14.8 Å². The van der Waals surface area contributed by atoms with Gasteiger partial charge in [-0.1, -0.05) is 11.8 Å². The third-order valence-corrected chi connectivity index (χ3v) is 3.48. The second kappa shape index (κ2) is 5.83. The van der Waals surface area contributed by atoms with E-state index in [2.05, 4.69) is 14.9 Å². The second-order valence-electron chi connectivity index (χ2n) is 3.74. The number of rotatable bonds is 4. The Morgan fingerprint density at radius 1 is 1.37 bits per heavy atom. The molecule has 0 aliphatic heterocycles. The summed E-state index contributed by atoms with van der Waals surface area (Å²) in [6, 6.07) is 6.00. The van der Waals surface area contributed by atoms with Crippen LogP contribution in [0.1, 0.15) is 0 Å². The molecule has 0 spiro atoms. The number of esters is 1. The first-order valence-electron chi connectivity index (χ1n) is 5.46. The lowest BCUT2D eigenvalue weighted by atomic mass is 10.2. The largest absolute Gasteiger partial charge is 0.468 e. The Hall–Kier alpha value is -1.89. The van der Waals surface area contributed by atoms with E-state index in [0.717, 1.165) is 5.56 Å². The summed E-state index contributed by atoms with van der Waals surface area (Å²) in [4.78, 5) is 11.1. The molecule has 7 heteroatoms. The van der Waals surface area contributed by atoms with Crippen LogP contribution < -0.4 is 0 Å². The Balaban J connectivity index is 2.18. The number of carbonyl (C=O) groups excluding carboxylic acids is 1. The van der Waals surface area contributed by atoms with Gasteiger partial charge in [-0.25, -0.2) is 4.39 Å². The van der Waals surface area contributed by atoms with E-state index in [1.54, 1.807) is 23.7 Å². The van der Waals surface area contributed by atoms with Crippen LogP contribution in [0.4, 0.5) is 4.39 Å². The first-order chi connectivity index (χ1) is 9.11. The molecule has 1 aromatic heterocycles. The summed E-state index contributed by atoms with van der Waals surface area (Å²) in [7, 11) is 3.13. The van der Waals surface area contributed by atoms with Crippen LogP contribution in [0.5, 0.6) is 0 Å². The average Bonchev–Trinajstić information content (AvgIpc) is 2.78. The van der Waals surface area contributed by atoms with Gasteiger partial charge in [-0.05, 0) is 24.3 Å². The van der Waals surface area contributed by atoms with Crippen molar-refractivity contribution in [2.45, 2.75) is 5.16 Å². The number of hydrogen-bond donors (Lipinski definition) is 0. The monoisotopic (exact) mass is 281 g/mol. The molecule has 1 heterocycles. The molecule has 0 aliphatic carbocycles. The Morgan fingerprint density at radius 3 is 2.68 bits per heavy atom. The fourth-order valence-electron chi connectivity index (χ4n) is 1.47. The SMILES string of the molecule is COC(=O)CSc1nnc(-c2ccc(F)cc2)n1C. The van der Waals surface area contributed by atoms with Crippen LogP contribution in [0.25, 0.3) is 11.4 Å². The van der Waals surface area contributed by atoms with Crippen LogP contribution in [0.2, 0.25) is 0 Å². The van der Waals surface area contributed by atoms with Crippen molar-refractivity contribution in [1.29, 1.82) is 0 Å². The van der Waals surface area contributed by atoms with Gasteiger partial charge in [-0.15, -0.1) is 10.2 Å². The molecule has 0 N–H and O–H groups in total. The lowest BCUT2D eigenvalue weighted by molar-refractivity contribution is -0.137. The molecular formula is C12H12FN3O2S. The molecule has 0 radical (unpaired) electrons. The van der Waals surface area contributed by atoms with Gasteiger partial charge >= 0.3 is 5.97 Å². The molecule has 0 unspecified atom stereocenters. The van der Waals surface area contributed by atoms with Gasteiger partial charge in [-0.3, -0.25) is 4.79 Å². The van der Waals surface area contributed by atoms with Crippen molar-refractivity contribution < 1.29 is 13.9 Å². The van der Waals surface area contributed by atoms with Gasteiger partial charge in [-0.2, -0.15) is 0 Å². The molecule has 2 aromatic rings. The fraction of sp³-hybridized carbons (Fsp3) is 0.250. The zero-order valence-corrected chi connectivity index (χ0v) is 11.3. The summed E-state index contributed by atoms with van der Waals surface area (Å²) < 4.78 is 19.2. The minimum Gasteiger partial charge on any atom is -0.468 e. The van der Waals surface area contributed by atoms with Crippen molar-refractivity contribution in [3.63, 3.8) is 0 Å². The maximum Gasteiger partial charge on any atom is 0.316 e. The molecule has 0 atom stereocenters. The maximum absolute atomic E-state index is 12.9. The highest BCUT2D eigenvalue weighted by Gasteiger charge is 2.12. The highest BCUT2D eigenvalue weighted by atomic mass is 32.2. The van der Waals surface area contributed by atoms with Gasteiger partial charge in [0.2, 0.25) is 0 Å². The molecule has 0 aliphatic rings. The first kappa shape index (κ1) is 13.5. The standard InChI is InChI=1S/C12H12FN3O2S/c1-16-11(8-3-5-9(13)6-4-8)14-15-12(16)19-7-10(17)18-2/h3-6H,7H2,1-2H3. The Kier molecular flexibility index (Phi) is 4.16. The number of ether oxygens (including phenoxy) is 1. The quantitative estimate of drug-likeness (QED) is 0.632. The predicted octanol–water partition coefficient (Wildman–Crippen LogP) is 1.89. The third kappa shape index (κ3) is 3.11. The lowest BCUT2D eigenvalue weighted by Gasteiger charge is -2.03. The van der Waals surface area contributed by atoms with Crippen LogP contribution >= 0.6 is 11.8 Å². The van der Waals surface area contributed by atoms with Crippen LogP contribution in [-0.2, 0) is 16.6 Å². The Labute approximate surface area is 113 Å². The predicted molar refractivity (Wildman–Crippen MR) is 69.1 cm³/mol. The normalized spacial score (nSPS) is 10.5. The molecule has 5 nitrogen and oxygen atoms in total. The van der Waals surface area contributed by atoms with E-state index in [1.165, 1.54) is 31.0 Å². The summed E-state index contributed by atoms with van der Waals surface area (Å²) in [5.41, 5.74) is 0.765. The van der Waals surface area contributed by atoms with E-state index >= 15 is 0 Å². The number of carbonyl (C=O) groups is 1. The number of benzene rings is 1. The summed E-state index contributed by atoms with van der Waals surface area (Å²) in [6.07, 6.45) is 0. The van der Waals surface area contributed by atoms with Crippen LogP contribution in [0.3, 0.4) is 0 Å². The van der Waals surface area contributed by atoms with E-state index in [0.29, 0.717) is 11.0 Å². The van der Waals surface area contributed by atoms with E-state index in [-0.39, 0.29) is 17.5 Å². The molecule has 2 rings (SSSR count). The highest BCUT2D eigenvalue weighted by molar-refractivity contribution is 7.99. The number of hydrogen-bond acceptors (Lipinski definition) is 5. The Bertz CT molecular complexity index is 583. The third-order valence-electron chi connectivity index (χ3n) is 2.48. The van der Waals surface area contributed by atoms with Gasteiger partial charge in [0.05, 0.1) is 12.9 Å². The van der Waals surface area contributed by atoms with Gasteiger partial charge in [0.15, 0.2) is 11.0 Å². The molecule has 0 amide bonds. The van der Waals surface area contributed by atoms with Crippen molar-refractivity contribution in [2.24, 2.45) is 7.05 Å². The topological polar surface area (TPSA) is 57.0 Å². The average molecular weight is 281 g/mol. The van der Waals surface area contributed by atoms with Gasteiger partial charge < -0.3 is 9.30 Å². The van der Waals surface area contributed by atoms with Gasteiger partial charge in [0, 0.05) is 12.6 Å². The van der Waals surface area contributed by atoms with Crippen LogP contribution in [-0.4, -0.2) is 33.6 Å². The van der Waals surface area contributed by atoms with E-state index in [9.17, 15) is 9.18 Å². The minimum atomic E-state index is -0.323. The molecule has 0 saturated heterocycles. The summed E-state index contributed by atoms with van der Waals surface area (Å²) in [5, 5.41) is 8.63. The smallest absolute Gasteiger partial charge is 0.316 e. The van der Waals surface area contributed by atoms with Crippen molar-refractivity contribution >= 4 is 17.7 Å². The molecule has 0 saturated carbocycles. The van der Waals surface area contributed by atoms with Crippen molar-refractivity contribution in [3.8, 4) is 11.4 Å². The van der Waals surface area contributed by atoms with Gasteiger partial charge in [0.25, 0.3) is 0 Å². The second-order valence-corrected chi connectivity index (χ2v) is 4.68. The van der Waals surface area contributed by atoms with E-state index in [4.69, 9.17) is 0 Å². The van der Waals surface area contributed by atoms with Crippen molar-refractivity contribution in [2.75, 3.05) is 12.9 Å². The molecule has 19 heavy (non-hydrogen) atoms. The number of halogens is 1. The first-order valence-corrected chi connectivity index (χ1v) is 6.45. The number of methoxy groups -OCH3 is 1. The summed E-state index contributed by atoms with van der Waals surface area (Å²) in [6.45, 7) is 0. The zero-order chi connectivity index (χ0) is 13.8. The van der Waals surface area contributed by atoms with E-state index in [1.807, 2.05) is 0 Å². The number of aromatic nitrogens is 3. The molecule has 100 valence electrons. The minimum absolute atomic E-state index is 0.173. The Morgan fingerprint density at radius 2 is 2.05 bits per heavy atom. The number of nitrogens with zero attached hydrogens (tertiary/aromatic N) is 3. The maximum atomic E-state index is 12.9. The summed E-state index contributed by atoms with van der Waals surface area (Å²) in [5.74, 6) is 0.168. The molecule has 1 aromatic carbocycles. The van der Waals surface area contributed by atoms with E-state index < -0.39 is 0 Å². The fourth-order valence-corrected chi connectivity index (χ4v) is 2.22. The van der Waals surface area contributed by atoms with Crippen LogP contribution in [0, 0.1) is 5.82 Å². The molecule has 0 fully saturated rings. The number of thioether (sulfide) groups is 1. The molecular weight excluding hydrogens is 269 g/mol. The zero-order valence-electron chi connectivity index (χ0n) is 10.5. The van der Waals surface area contributed by atoms with Gasteiger partial charge in [0.1, 0.15) is 5.82 Å². The summed E-state index contributed by atoms with van der Waals surface area (Å²) >= 11 is 1.24. The van der Waals surface area contributed by atoms with Crippen LogP contribution in [0.15, 0.2) is 29.4 Å². The van der Waals surface area contributed by atoms with Crippen molar-refractivity contribution in [3.05, 3.63) is 30.1 Å².